The van der Waals surface area contributed by atoms with Crippen molar-refractivity contribution in [1.82, 2.24) is 0 Å². The summed E-state index contributed by atoms with van der Waals surface area (Å²) in [5, 5.41) is 1.41. The summed E-state index contributed by atoms with van der Waals surface area (Å²) < 4.78 is 18.7. The Balaban J connectivity index is 2.47. The molecule has 94 valence electrons. The van der Waals surface area contributed by atoms with E-state index in [1.165, 1.54) is 12.7 Å². The summed E-state index contributed by atoms with van der Waals surface area (Å²) >= 11 is 0. The molecule has 3 heteroatoms. The van der Waals surface area contributed by atoms with Crippen LogP contribution in [0.2, 0.25) is 0 Å². The van der Waals surface area contributed by atoms with Crippen molar-refractivity contribution in [3.05, 3.63) is 47.3 Å². The molecule has 0 unspecified atom stereocenters. The maximum absolute atomic E-state index is 14.2. The van der Waals surface area contributed by atoms with Crippen molar-refractivity contribution < 1.29 is 13.9 Å². The number of methoxy groups -OCH3 is 1. The Morgan fingerprint density at radius 3 is 2.72 bits per heavy atom. The first kappa shape index (κ1) is 12.6. The number of hydrogen-bond donors (Lipinski definition) is 0. The molecule has 0 fully saturated rings. The van der Waals surface area contributed by atoms with E-state index in [0.29, 0.717) is 10.9 Å². The molecule has 0 saturated carbocycles. The Hall–Kier alpha value is -1.90. The maximum Gasteiger partial charge on any atom is 0.310 e. The number of esters is 1. The second-order valence-electron chi connectivity index (χ2n) is 4.20. The molecule has 0 atom stereocenters. The van der Waals surface area contributed by atoms with Crippen molar-refractivity contribution in [1.29, 1.82) is 0 Å². The van der Waals surface area contributed by atoms with E-state index in [4.69, 9.17) is 0 Å². The number of hydrogen-bond acceptors (Lipinski definition) is 2. The van der Waals surface area contributed by atoms with Crippen molar-refractivity contribution in [2.75, 3.05) is 7.11 Å². The van der Waals surface area contributed by atoms with Gasteiger partial charge in [-0.3, -0.25) is 4.79 Å². The second-order valence-corrected chi connectivity index (χ2v) is 4.20. The summed E-state index contributed by atoms with van der Waals surface area (Å²) in [6.07, 6.45) is 0.884. The average molecular weight is 246 g/mol. The summed E-state index contributed by atoms with van der Waals surface area (Å²) in [5.41, 5.74) is 1.54. The van der Waals surface area contributed by atoms with Crippen molar-refractivity contribution in [2.45, 2.75) is 19.8 Å². The van der Waals surface area contributed by atoms with Crippen LogP contribution in [0.5, 0.6) is 0 Å². The van der Waals surface area contributed by atoms with Crippen LogP contribution in [-0.2, 0) is 22.4 Å². The molecule has 2 aromatic carbocycles. The van der Waals surface area contributed by atoms with Crippen LogP contribution in [0.1, 0.15) is 18.1 Å². The highest BCUT2D eigenvalue weighted by Gasteiger charge is 2.11. The first-order valence-corrected chi connectivity index (χ1v) is 5.92. The number of halogens is 1. The number of ether oxygens (including phenoxy) is 1. The van der Waals surface area contributed by atoms with Crippen LogP contribution in [0.4, 0.5) is 4.39 Å². The molecule has 0 radical (unpaired) electrons. The fraction of sp³-hybridized carbons (Fsp3) is 0.267. The third-order valence-corrected chi connectivity index (χ3v) is 3.07. The number of carbonyl (C=O) groups excluding carboxylic acids is 1. The smallest absolute Gasteiger partial charge is 0.310 e. The minimum atomic E-state index is -0.432. The molecule has 0 spiro atoms. The molecule has 0 N–H and O–H groups in total. The van der Waals surface area contributed by atoms with Crippen molar-refractivity contribution >= 4 is 16.7 Å². The predicted octanol–water partition coefficient (Wildman–Crippen LogP) is 3.26. The Kier molecular flexibility index (Phi) is 3.60. The number of rotatable bonds is 3. The lowest BCUT2D eigenvalue weighted by atomic mass is 10.0. The Morgan fingerprint density at radius 1 is 1.28 bits per heavy atom. The zero-order chi connectivity index (χ0) is 13.1. The summed E-state index contributed by atoms with van der Waals surface area (Å²) in [7, 11) is 1.30. The molecule has 0 heterocycles. The van der Waals surface area contributed by atoms with Crippen LogP contribution >= 0.6 is 0 Å². The third kappa shape index (κ3) is 2.35. The van der Waals surface area contributed by atoms with E-state index in [2.05, 4.69) is 11.7 Å². The molecule has 0 aliphatic carbocycles. The van der Waals surface area contributed by atoms with Gasteiger partial charge in [0.1, 0.15) is 5.82 Å². The number of benzene rings is 2. The highest BCUT2D eigenvalue weighted by molar-refractivity contribution is 5.85. The standard InChI is InChI=1S/C15H15FO2/c1-3-10-4-7-13-11(8-10)5-6-12(15(13)16)9-14(17)18-2/h4-8H,3,9H2,1-2H3. The van der Waals surface area contributed by atoms with Crippen LogP contribution in [0.25, 0.3) is 10.8 Å². The van der Waals surface area contributed by atoms with E-state index in [1.807, 2.05) is 18.2 Å². The van der Waals surface area contributed by atoms with Gasteiger partial charge in [0.2, 0.25) is 0 Å². The zero-order valence-corrected chi connectivity index (χ0v) is 10.5. The van der Waals surface area contributed by atoms with Gasteiger partial charge in [0.15, 0.2) is 0 Å². The van der Waals surface area contributed by atoms with Gasteiger partial charge in [-0.05, 0) is 22.9 Å². The van der Waals surface area contributed by atoms with Gasteiger partial charge in [0, 0.05) is 5.39 Å². The van der Waals surface area contributed by atoms with Gasteiger partial charge in [-0.2, -0.15) is 0 Å². The van der Waals surface area contributed by atoms with Gasteiger partial charge in [0.05, 0.1) is 13.5 Å². The van der Waals surface area contributed by atoms with Crippen LogP contribution in [0.15, 0.2) is 30.3 Å². The lowest BCUT2D eigenvalue weighted by Gasteiger charge is -2.07. The van der Waals surface area contributed by atoms with Crippen molar-refractivity contribution in [3.63, 3.8) is 0 Å². The minimum Gasteiger partial charge on any atom is -0.469 e. The quantitative estimate of drug-likeness (QED) is 0.777. The average Bonchev–Trinajstić information content (AvgIpc) is 2.41. The van der Waals surface area contributed by atoms with Gasteiger partial charge in [0.25, 0.3) is 0 Å². The lowest BCUT2D eigenvalue weighted by Crippen LogP contribution is -2.06. The molecule has 0 aromatic heterocycles. The molecular weight excluding hydrogens is 231 g/mol. The van der Waals surface area contributed by atoms with E-state index in [9.17, 15) is 9.18 Å². The van der Waals surface area contributed by atoms with E-state index >= 15 is 0 Å². The van der Waals surface area contributed by atoms with E-state index < -0.39 is 5.97 Å². The summed E-state index contributed by atoms with van der Waals surface area (Å²) in [6, 6.07) is 9.14. The normalized spacial score (nSPS) is 10.6. The van der Waals surface area contributed by atoms with Crippen molar-refractivity contribution in [3.8, 4) is 0 Å². The Bertz CT molecular complexity index is 590. The summed E-state index contributed by atoms with van der Waals surface area (Å²) in [6.45, 7) is 2.06. The van der Waals surface area contributed by atoms with Crippen LogP contribution in [0.3, 0.4) is 0 Å². The fourth-order valence-corrected chi connectivity index (χ4v) is 1.97. The predicted molar refractivity (Wildman–Crippen MR) is 69.0 cm³/mol. The van der Waals surface area contributed by atoms with Gasteiger partial charge >= 0.3 is 5.97 Å². The highest BCUT2D eigenvalue weighted by Crippen LogP contribution is 2.23. The molecule has 0 bridgehead atoms. The topological polar surface area (TPSA) is 26.3 Å². The van der Waals surface area contributed by atoms with E-state index in [1.54, 1.807) is 12.1 Å². The van der Waals surface area contributed by atoms with Crippen LogP contribution < -0.4 is 0 Å². The molecule has 2 rings (SSSR count). The Labute approximate surface area is 105 Å². The molecule has 0 saturated heterocycles. The molecule has 18 heavy (non-hydrogen) atoms. The molecule has 2 aromatic rings. The fourth-order valence-electron chi connectivity index (χ4n) is 1.97. The van der Waals surface area contributed by atoms with Gasteiger partial charge in [-0.15, -0.1) is 0 Å². The van der Waals surface area contributed by atoms with Crippen molar-refractivity contribution in [2.24, 2.45) is 0 Å². The highest BCUT2D eigenvalue weighted by atomic mass is 19.1. The van der Waals surface area contributed by atoms with E-state index in [0.717, 1.165) is 11.8 Å². The largest absolute Gasteiger partial charge is 0.469 e. The third-order valence-electron chi connectivity index (χ3n) is 3.07. The lowest BCUT2D eigenvalue weighted by molar-refractivity contribution is -0.139. The Morgan fingerprint density at radius 2 is 2.06 bits per heavy atom. The van der Waals surface area contributed by atoms with Crippen LogP contribution in [-0.4, -0.2) is 13.1 Å². The number of carbonyl (C=O) groups is 1. The molecule has 0 amide bonds. The van der Waals surface area contributed by atoms with Crippen LogP contribution in [0, 0.1) is 5.82 Å². The molecule has 2 nitrogen and oxygen atoms in total. The minimum absolute atomic E-state index is 0.0339. The second kappa shape index (κ2) is 5.17. The number of aryl methyl sites for hydroxylation is 1. The molecular formula is C15H15FO2. The maximum atomic E-state index is 14.2. The zero-order valence-electron chi connectivity index (χ0n) is 10.5. The summed E-state index contributed by atoms with van der Waals surface area (Å²) in [5.74, 6) is -0.765. The van der Waals surface area contributed by atoms with Gasteiger partial charge < -0.3 is 4.74 Å². The summed E-state index contributed by atoms with van der Waals surface area (Å²) in [4.78, 5) is 11.2. The van der Waals surface area contributed by atoms with Gasteiger partial charge in [-0.25, -0.2) is 4.39 Å². The molecule has 0 aliphatic rings. The number of fused-ring (bicyclic) bond motifs is 1. The first-order chi connectivity index (χ1) is 8.65. The first-order valence-electron chi connectivity index (χ1n) is 5.92. The van der Waals surface area contributed by atoms with Gasteiger partial charge in [-0.1, -0.05) is 37.3 Å². The molecule has 0 aliphatic heterocycles. The van der Waals surface area contributed by atoms with E-state index in [-0.39, 0.29) is 12.2 Å². The SMILES string of the molecule is CCc1ccc2c(F)c(CC(=O)OC)ccc2c1. The monoisotopic (exact) mass is 246 g/mol.